The molecule has 1 aromatic carbocycles. The quantitative estimate of drug-likeness (QED) is 0.791. The minimum absolute atomic E-state index is 0.181. The fourth-order valence-electron chi connectivity index (χ4n) is 3.50. The van der Waals surface area contributed by atoms with Gasteiger partial charge in [-0.3, -0.25) is 4.79 Å². The molecule has 0 bridgehead atoms. The summed E-state index contributed by atoms with van der Waals surface area (Å²) in [5, 5.41) is 9.29. The highest BCUT2D eigenvalue weighted by atomic mass is 32.2. The van der Waals surface area contributed by atoms with E-state index in [0.717, 1.165) is 25.8 Å². The number of carbonyl (C=O) groups is 1. The molecule has 126 valence electrons. The highest BCUT2D eigenvalue weighted by Gasteiger charge is 2.24. The van der Waals surface area contributed by atoms with E-state index in [1.165, 1.54) is 24.0 Å². The number of benzene rings is 1. The number of likely N-dealkylation sites (tertiary alicyclic amines) is 1. The Labute approximate surface area is 145 Å². The van der Waals surface area contributed by atoms with Crippen LogP contribution < -0.4 is 0 Å². The lowest BCUT2D eigenvalue weighted by Crippen LogP contribution is -2.23. The van der Waals surface area contributed by atoms with Crippen molar-refractivity contribution in [3.63, 3.8) is 0 Å². The van der Waals surface area contributed by atoms with Gasteiger partial charge in [0.25, 0.3) is 5.22 Å². The molecule has 1 fully saturated rings. The predicted molar refractivity (Wildman–Crippen MR) is 91.5 cm³/mol. The molecule has 2 aliphatic rings. The number of carbonyl (C=O) groups excluding carboxylic acids is 1. The molecule has 0 radical (unpaired) electrons. The van der Waals surface area contributed by atoms with E-state index in [1.807, 2.05) is 0 Å². The number of aromatic nitrogens is 2. The Morgan fingerprint density at radius 3 is 2.96 bits per heavy atom. The van der Waals surface area contributed by atoms with Crippen LogP contribution in [0.2, 0.25) is 0 Å². The third-order valence-corrected chi connectivity index (χ3v) is 5.89. The van der Waals surface area contributed by atoms with E-state index in [-0.39, 0.29) is 5.91 Å². The zero-order valence-electron chi connectivity index (χ0n) is 13.6. The van der Waals surface area contributed by atoms with Gasteiger partial charge in [0.05, 0.1) is 6.54 Å². The highest BCUT2D eigenvalue weighted by Crippen LogP contribution is 2.41. The van der Waals surface area contributed by atoms with Crippen molar-refractivity contribution in [3.8, 4) is 0 Å². The monoisotopic (exact) mass is 343 g/mol. The first-order valence-corrected chi connectivity index (χ1v) is 9.52. The molecule has 2 aromatic rings. The van der Waals surface area contributed by atoms with Crippen molar-refractivity contribution in [2.75, 3.05) is 6.54 Å². The van der Waals surface area contributed by atoms with Gasteiger partial charge < -0.3 is 9.32 Å². The zero-order valence-corrected chi connectivity index (χ0v) is 14.4. The maximum absolute atomic E-state index is 11.7. The fraction of sp³-hybridized carbons (Fsp3) is 0.500. The Balaban J connectivity index is 1.47. The molecule has 0 saturated carbocycles. The van der Waals surface area contributed by atoms with E-state index < -0.39 is 0 Å². The summed E-state index contributed by atoms with van der Waals surface area (Å²) in [6.45, 7) is 1.23. The summed E-state index contributed by atoms with van der Waals surface area (Å²) in [5.41, 5.74) is 2.84. The number of fused-ring (bicyclic) bond motifs is 1. The van der Waals surface area contributed by atoms with Crippen molar-refractivity contribution in [2.45, 2.75) is 55.5 Å². The van der Waals surface area contributed by atoms with Gasteiger partial charge in [0.1, 0.15) is 0 Å². The number of hydrogen-bond acceptors (Lipinski definition) is 5. The zero-order chi connectivity index (χ0) is 16.4. The summed E-state index contributed by atoms with van der Waals surface area (Å²) >= 11 is 1.66. The minimum Gasteiger partial charge on any atom is -0.414 e. The summed E-state index contributed by atoms with van der Waals surface area (Å²) in [6, 6.07) is 8.67. The van der Waals surface area contributed by atoms with Crippen LogP contribution in [0.3, 0.4) is 0 Å². The molecule has 1 amide bonds. The normalized spacial score (nSPS) is 20.9. The largest absolute Gasteiger partial charge is 0.414 e. The van der Waals surface area contributed by atoms with Crippen molar-refractivity contribution in [3.05, 3.63) is 41.3 Å². The van der Waals surface area contributed by atoms with E-state index in [1.54, 1.807) is 16.7 Å². The van der Waals surface area contributed by atoms with Crippen molar-refractivity contribution in [1.29, 1.82) is 0 Å². The molecule has 1 aromatic heterocycles. The molecular formula is C18H21N3O2S. The smallest absolute Gasteiger partial charge is 0.277 e. The molecule has 1 aliphatic heterocycles. The Morgan fingerprint density at radius 1 is 1.17 bits per heavy atom. The number of hydrogen-bond donors (Lipinski definition) is 0. The maximum Gasteiger partial charge on any atom is 0.277 e. The molecule has 6 heteroatoms. The van der Waals surface area contributed by atoms with Crippen LogP contribution in [0.1, 0.15) is 54.4 Å². The minimum atomic E-state index is 0.181. The summed E-state index contributed by atoms with van der Waals surface area (Å²) in [7, 11) is 0. The molecule has 5 nitrogen and oxygen atoms in total. The first kappa shape index (κ1) is 15.7. The Kier molecular flexibility index (Phi) is 4.56. The first-order valence-electron chi connectivity index (χ1n) is 8.64. The van der Waals surface area contributed by atoms with Gasteiger partial charge >= 0.3 is 0 Å². The second kappa shape index (κ2) is 6.97. The van der Waals surface area contributed by atoms with Crippen LogP contribution in [0.5, 0.6) is 0 Å². The second-order valence-electron chi connectivity index (χ2n) is 6.43. The van der Waals surface area contributed by atoms with Gasteiger partial charge in [0.15, 0.2) is 0 Å². The van der Waals surface area contributed by atoms with Crippen LogP contribution in [-0.4, -0.2) is 27.5 Å². The summed E-state index contributed by atoms with van der Waals surface area (Å²) < 4.78 is 5.80. The summed E-state index contributed by atoms with van der Waals surface area (Å²) in [5.74, 6) is 0.717. The van der Waals surface area contributed by atoms with E-state index >= 15 is 0 Å². The van der Waals surface area contributed by atoms with Crippen LogP contribution in [-0.2, 0) is 17.8 Å². The number of amides is 1. The van der Waals surface area contributed by atoms with Gasteiger partial charge in [-0.15, -0.1) is 10.2 Å². The maximum atomic E-state index is 11.7. The van der Waals surface area contributed by atoms with E-state index in [2.05, 4.69) is 34.5 Å². The number of aryl methyl sites for hydroxylation is 1. The molecule has 4 rings (SSSR count). The topological polar surface area (TPSA) is 59.2 Å². The fourth-order valence-corrected chi connectivity index (χ4v) is 4.62. The standard InChI is InChI=1S/C18H21N3O2S/c22-17-10-5-11-21(17)12-16-19-20-18(23-16)24-15-9-4-2-7-13-6-1-3-8-14(13)15/h1,3,6,8,15H,2,4-5,7,9-12H2. The lowest BCUT2D eigenvalue weighted by molar-refractivity contribution is -0.128. The van der Waals surface area contributed by atoms with Crippen molar-refractivity contribution < 1.29 is 9.21 Å². The Morgan fingerprint density at radius 2 is 2.08 bits per heavy atom. The van der Waals surface area contributed by atoms with Crippen LogP contribution in [0.25, 0.3) is 0 Å². The average Bonchev–Trinajstić information content (AvgIpc) is 3.14. The van der Waals surface area contributed by atoms with Crippen molar-refractivity contribution in [2.24, 2.45) is 0 Å². The average molecular weight is 343 g/mol. The Hall–Kier alpha value is -1.82. The third kappa shape index (κ3) is 3.34. The molecule has 1 aliphatic carbocycles. The van der Waals surface area contributed by atoms with Gasteiger partial charge in [0.2, 0.25) is 11.8 Å². The van der Waals surface area contributed by atoms with Crippen molar-refractivity contribution in [1.82, 2.24) is 15.1 Å². The SMILES string of the molecule is O=C1CCCN1Cc1nnc(SC2CCCCc3ccccc32)o1. The number of rotatable bonds is 4. The second-order valence-corrected chi connectivity index (χ2v) is 7.59. The molecule has 0 N–H and O–H groups in total. The Bertz CT molecular complexity index is 731. The van der Waals surface area contributed by atoms with E-state index in [4.69, 9.17) is 4.42 Å². The lowest BCUT2D eigenvalue weighted by Gasteiger charge is -2.15. The number of nitrogens with zero attached hydrogens (tertiary/aromatic N) is 3. The van der Waals surface area contributed by atoms with Gasteiger partial charge in [-0.25, -0.2) is 0 Å². The number of thioether (sulfide) groups is 1. The third-order valence-electron chi connectivity index (χ3n) is 4.75. The molecule has 24 heavy (non-hydrogen) atoms. The molecule has 1 saturated heterocycles. The molecular weight excluding hydrogens is 322 g/mol. The first-order chi connectivity index (χ1) is 11.8. The summed E-state index contributed by atoms with van der Waals surface area (Å²) in [6.07, 6.45) is 6.29. The molecule has 1 unspecified atom stereocenters. The van der Waals surface area contributed by atoms with E-state index in [9.17, 15) is 4.79 Å². The van der Waals surface area contributed by atoms with Gasteiger partial charge in [0, 0.05) is 18.2 Å². The molecule has 0 spiro atoms. The predicted octanol–water partition coefficient (Wildman–Crippen LogP) is 3.75. The van der Waals surface area contributed by atoms with Crippen LogP contribution in [0.15, 0.2) is 33.9 Å². The van der Waals surface area contributed by atoms with Crippen molar-refractivity contribution >= 4 is 17.7 Å². The van der Waals surface area contributed by atoms with Gasteiger partial charge in [-0.2, -0.15) is 0 Å². The van der Waals surface area contributed by atoms with Crippen LogP contribution in [0.4, 0.5) is 0 Å². The lowest BCUT2D eigenvalue weighted by atomic mass is 10.0. The summed E-state index contributed by atoms with van der Waals surface area (Å²) in [4.78, 5) is 13.5. The van der Waals surface area contributed by atoms with Crippen LogP contribution in [0, 0.1) is 0 Å². The van der Waals surface area contributed by atoms with Gasteiger partial charge in [-0.05, 0) is 36.8 Å². The molecule has 1 atom stereocenters. The van der Waals surface area contributed by atoms with Crippen LogP contribution >= 0.6 is 11.8 Å². The van der Waals surface area contributed by atoms with Gasteiger partial charge in [-0.1, -0.05) is 42.4 Å². The highest BCUT2D eigenvalue weighted by molar-refractivity contribution is 7.99. The molecule has 2 heterocycles. The van der Waals surface area contributed by atoms with E-state index in [0.29, 0.717) is 29.3 Å².